The van der Waals surface area contributed by atoms with Gasteiger partial charge in [0.15, 0.2) is 0 Å². The highest BCUT2D eigenvalue weighted by molar-refractivity contribution is 5.94. The quantitative estimate of drug-likeness (QED) is 0.773. The number of nitrogens with zero attached hydrogens (tertiary/aromatic N) is 2. The van der Waals surface area contributed by atoms with Crippen LogP contribution in [0.3, 0.4) is 0 Å². The van der Waals surface area contributed by atoms with E-state index in [1.165, 1.54) is 0 Å². The molecule has 0 unspecified atom stereocenters. The Morgan fingerprint density at radius 3 is 2.68 bits per heavy atom. The molecule has 2 aromatic carbocycles. The lowest BCUT2D eigenvalue weighted by atomic mass is 10.1. The second-order valence-corrected chi connectivity index (χ2v) is 5.69. The Morgan fingerprint density at radius 1 is 1.16 bits per heavy atom. The molecule has 3 aromatic rings. The zero-order valence-electron chi connectivity index (χ0n) is 14.4. The monoisotopic (exact) mass is 337 g/mol. The van der Waals surface area contributed by atoms with Crippen LogP contribution >= 0.6 is 0 Å². The Morgan fingerprint density at radius 2 is 1.96 bits per heavy atom. The van der Waals surface area contributed by atoms with Crippen molar-refractivity contribution in [2.45, 2.75) is 20.4 Å². The zero-order valence-corrected chi connectivity index (χ0v) is 14.4. The number of methoxy groups -OCH3 is 1. The molecule has 0 saturated heterocycles. The van der Waals surface area contributed by atoms with Gasteiger partial charge >= 0.3 is 0 Å². The molecule has 0 aliphatic carbocycles. The van der Waals surface area contributed by atoms with E-state index in [4.69, 9.17) is 9.26 Å². The average molecular weight is 337 g/mol. The summed E-state index contributed by atoms with van der Waals surface area (Å²) in [5.74, 6) is 1.41. The fourth-order valence-corrected chi connectivity index (χ4v) is 2.54. The molecular weight excluding hydrogens is 318 g/mol. The Balaban J connectivity index is 1.67. The minimum atomic E-state index is -0.207. The van der Waals surface area contributed by atoms with Gasteiger partial charge in [-0.2, -0.15) is 4.98 Å². The van der Waals surface area contributed by atoms with Gasteiger partial charge in [0, 0.05) is 11.1 Å². The lowest BCUT2D eigenvalue weighted by Gasteiger charge is -2.07. The lowest BCUT2D eigenvalue weighted by molar-refractivity contribution is 0.0946. The molecule has 1 amide bonds. The van der Waals surface area contributed by atoms with Crippen molar-refractivity contribution in [3.05, 3.63) is 65.0 Å². The van der Waals surface area contributed by atoms with Crippen LogP contribution in [0, 0.1) is 13.8 Å². The van der Waals surface area contributed by atoms with E-state index in [0.29, 0.717) is 17.3 Å². The van der Waals surface area contributed by atoms with E-state index in [1.807, 2.05) is 38.1 Å². The van der Waals surface area contributed by atoms with Crippen molar-refractivity contribution >= 4 is 5.91 Å². The summed E-state index contributed by atoms with van der Waals surface area (Å²) in [7, 11) is 1.60. The van der Waals surface area contributed by atoms with Gasteiger partial charge in [-0.3, -0.25) is 4.79 Å². The zero-order chi connectivity index (χ0) is 17.8. The molecule has 0 bridgehead atoms. The molecule has 0 atom stereocenters. The van der Waals surface area contributed by atoms with Crippen molar-refractivity contribution in [2.24, 2.45) is 0 Å². The summed E-state index contributed by atoms with van der Waals surface area (Å²) in [4.78, 5) is 16.6. The summed E-state index contributed by atoms with van der Waals surface area (Å²) in [6.45, 7) is 4.05. The van der Waals surface area contributed by atoms with E-state index in [-0.39, 0.29) is 12.5 Å². The number of aryl methyl sites for hydroxylation is 2. The minimum Gasteiger partial charge on any atom is -0.496 e. The van der Waals surface area contributed by atoms with Gasteiger partial charge in [-0.25, -0.2) is 0 Å². The summed E-state index contributed by atoms with van der Waals surface area (Å²) in [6.07, 6.45) is 0. The summed E-state index contributed by atoms with van der Waals surface area (Å²) >= 11 is 0. The number of benzene rings is 2. The van der Waals surface area contributed by atoms with E-state index >= 15 is 0 Å². The van der Waals surface area contributed by atoms with Gasteiger partial charge in [0.05, 0.1) is 13.7 Å². The number of aromatic nitrogens is 2. The van der Waals surface area contributed by atoms with Crippen LogP contribution in [0.15, 0.2) is 47.0 Å². The first-order chi connectivity index (χ1) is 12.1. The van der Waals surface area contributed by atoms with E-state index < -0.39 is 0 Å². The standard InChI is InChI=1S/C19H19N3O3/c1-12-6-4-5-7-15(12)18-21-17(25-22-18)11-20-19(23)14-8-9-16(24-3)13(2)10-14/h4-10H,11H2,1-3H3,(H,20,23). The van der Waals surface area contributed by atoms with E-state index in [9.17, 15) is 4.79 Å². The molecule has 0 saturated carbocycles. The van der Waals surface area contributed by atoms with Crippen LogP contribution < -0.4 is 10.1 Å². The fourth-order valence-electron chi connectivity index (χ4n) is 2.54. The van der Waals surface area contributed by atoms with Crippen molar-refractivity contribution in [3.63, 3.8) is 0 Å². The molecule has 1 heterocycles. The van der Waals surface area contributed by atoms with Gasteiger partial charge < -0.3 is 14.6 Å². The summed E-state index contributed by atoms with van der Waals surface area (Å²) in [5, 5.41) is 6.76. The minimum absolute atomic E-state index is 0.169. The first-order valence-electron chi connectivity index (χ1n) is 7.90. The molecule has 128 valence electrons. The van der Waals surface area contributed by atoms with Crippen molar-refractivity contribution in [2.75, 3.05) is 7.11 Å². The largest absolute Gasteiger partial charge is 0.496 e. The van der Waals surface area contributed by atoms with Gasteiger partial charge in [-0.05, 0) is 43.2 Å². The number of nitrogens with one attached hydrogen (secondary N) is 1. The van der Waals surface area contributed by atoms with Crippen LogP contribution in [0.4, 0.5) is 0 Å². The maximum absolute atomic E-state index is 12.3. The molecule has 0 aliphatic heterocycles. The molecular formula is C19H19N3O3. The molecule has 1 N–H and O–H groups in total. The van der Waals surface area contributed by atoms with Crippen molar-refractivity contribution in [1.82, 2.24) is 15.5 Å². The average Bonchev–Trinajstić information content (AvgIpc) is 3.08. The predicted octanol–water partition coefficient (Wildman–Crippen LogP) is 3.29. The van der Waals surface area contributed by atoms with Crippen LogP contribution in [0.1, 0.15) is 27.4 Å². The molecule has 0 spiro atoms. The lowest BCUT2D eigenvalue weighted by Crippen LogP contribution is -2.23. The molecule has 25 heavy (non-hydrogen) atoms. The highest BCUT2D eigenvalue weighted by Gasteiger charge is 2.13. The van der Waals surface area contributed by atoms with Crippen LogP contribution in [0.2, 0.25) is 0 Å². The summed E-state index contributed by atoms with van der Waals surface area (Å²) < 4.78 is 10.4. The van der Waals surface area contributed by atoms with E-state index in [1.54, 1.807) is 25.3 Å². The molecule has 0 fully saturated rings. The molecule has 6 nitrogen and oxygen atoms in total. The normalized spacial score (nSPS) is 10.5. The van der Waals surface area contributed by atoms with Crippen LogP contribution in [-0.2, 0) is 6.54 Å². The van der Waals surface area contributed by atoms with Gasteiger partial charge in [0.2, 0.25) is 11.7 Å². The van der Waals surface area contributed by atoms with Gasteiger partial charge in [-0.1, -0.05) is 29.4 Å². The van der Waals surface area contributed by atoms with E-state index in [0.717, 1.165) is 22.4 Å². The fraction of sp³-hybridized carbons (Fsp3) is 0.211. The van der Waals surface area contributed by atoms with Gasteiger partial charge in [0.25, 0.3) is 5.91 Å². The Hall–Kier alpha value is -3.15. The number of ether oxygens (including phenoxy) is 1. The first-order valence-corrected chi connectivity index (χ1v) is 7.90. The van der Waals surface area contributed by atoms with Crippen molar-refractivity contribution in [3.8, 4) is 17.1 Å². The Labute approximate surface area is 145 Å². The Kier molecular flexibility index (Phi) is 4.79. The highest BCUT2D eigenvalue weighted by Crippen LogP contribution is 2.20. The smallest absolute Gasteiger partial charge is 0.251 e. The van der Waals surface area contributed by atoms with Gasteiger partial charge in [0.1, 0.15) is 5.75 Å². The number of carbonyl (C=O) groups excluding carboxylic acids is 1. The highest BCUT2D eigenvalue weighted by atomic mass is 16.5. The molecule has 6 heteroatoms. The summed E-state index contributed by atoms with van der Waals surface area (Å²) in [5.41, 5.74) is 3.42. The third-order valence-electron chi connectivity index (χ3n) is 3.91. The van der Waals surface area contributed by atoms with Crippen LogP contribution in [0.5, 0.6) is 5.75 Å². The number of amides is 1. The summed E-state index contributed by atoms with van der Waals surface area (Å²) in [6, 6.07) is 13.1. The number of carbonyl (C=O) groups is 1. The van der Waals surface area contributed by atoms with Crippen LogP contribution in [0.25, 0.3) is 11.4 Å². The SMILES string of the molecule is COc1ccc(C(=O)NCc2nc(-c3ccccc3C)no2)cc1C. The first kappa shape index (κ1) is 16.7. The number of hydrogen-bond donors (Lipinski definition) is 1. The molecule has 0 aliphatic rings. The topological polar surface area (TPSA) is 77.2 Å². The van der Waals surface area contributed by atoms with Gasteiger partial charge in [-0.15, -0.1) is 0 Å². The third-order valence-corrected chi connectivity index (χ3v) is 3.91. The molecule has 0 radical (unpaired) electrons. The van der Waals surface area contributed by atoms with Crippen LogP contribution in [-0.4, -0.2) is 23.2 Å². The predicted molar refractivity (Wildman–Crippen MR) is 93.4 cm³/mol. The van der Waals surface area contributed by atoms with Crippen molar-refractivity contribution in [1.29, 1.82) is 0 Å². The maximum Gasteiger partial charge on any atom is 0.251 e. The van der Waals surface area contributed by atoms with Crippen molar-refractivity contribution < 1.29 is 14.1 Å². The Bertz CT molecular complexity index is 902. The molecule has 1 aromatic heterocycles. The molecule has 3 rings (SSSR count). The second-order valence-electron chi connectivity index (χ2n) is 5.69. The number of hydrogen-bond acceptors (Lipinski definition) is 5. The third kappa shape index (κ3) is 3.68. The maximum atomic E-state index is 12.3. The van der Waals surface area contributed by atoms with E-state index in [2.05, 4.69) is 15.5 Å². The second kappa shape index (κ2) is 7.17. The number of rotatable bonds is 5.